The Morgan fingerprint density at radius 3 is 2.20 bits per heavy atom. The molecule has 1 fully saturated rings. The van der Waals surface area contributed by atoms with E-state index in [4.69, 9.17) is 5.73 Å². The summed E-state index contributed by atoms with van der Waals surface area (Å²) in [6, 6.07) is 0.579. The Morgan fingerprint density at radius 1 is 1.05 bits per heavy atom. The maximum atomic E-state index is 12.0. The van der Waals surface area contributed by atoms with Crippen LogP contribution in [0.1, 0.15) is 20.3 Å². The molecular weight excluding hydrogens is 254 g/mol. The van der Waals surface area contributed by atoms with E-state index >= 15 is 0 Å². The number of carbonyl (C=O) groups is 1. The molecule has 0 aromatic rings. The third kappa shape index (κ3) is 6.65. The van der Waals surface area contributed by atoms with E-state index in [1.54, 1.807) is 0 Å². The van der Waals surface area contributed by atoms with Crippen molar-refractivity contribution in [3.8, 4) is 0 Å². The van der Waals surface area contributed by atoms with E-state index in [1.165, 1.54) is 0 Å². The first-order valence-electron chi connectivity index (χ1n) is 7.78. The number of nitrogens with one attached hydrogen (secondary N) is 2. The fraction of sp³-hybridized carbons (Fsp3) is 0.929. The third-order valence-electron chi connectivity index (χ3n) is 3.71. The second kappa shape index (κ2) is 10.1. The molecule has 118 valence electrons. The van der Waals surface area contributed by atoms with E-state index in [9.17, 15) is 4.79 Å². The highest BCUT2D eigenvalue weighted by molar-refractivity contribution is 5.76. The molecule has 0 atom stereocenters. The number of amides is 1. The van der Waals surface area contributed by atoms with Gasteiger partial charge in [0, 0.05) is 71.4 Å². The number of nitrogens with two attached hydrogens (primary N) is 1. The van der Waals surface area contributed by atoms with Crippen LogP contribution < -0.4 is 16.4 Å². The van der Waals surface area contributed by atoms with Gasteiger partial charge in [-0.3, -0.25) is 9.69 Å². The summed E-state index contributed by atoms with van der Waals surface area (Å²) in [5, 5.41) is 6.49. The largest absolute Gasteiger partial charge is 0.340 e. The Labute approximate surface area is 123 Å². The van der Waals surface area contributed by atoms with Crippen molar-refractivity contribution < 1.29 is 4.79 Å². The quantitative estimate of drug-likeness (QED) is 0.477. The Kier molecular flexibility index (Phi) is 8.77. The lowest BCUT2D eigenvalue weighted by Crippen LogP contribution is -2.51. The molecule has 0 unspecified atom stereocenters. The lowest BCUT2D eigenvalue weighted by atomic mass is 10.2. The van der Waals surface area contributed by atoms with Crippen molar-refractivity contribution in [3.63, 3.8) is 0 Å². The number of carbonyl (C=O) groups excluding carboxylic acids is 1. The van der Waals surface area contributed by atoms with Gasteiger partial charge >= 0.3 is 0 Å². The van der Waals surface area contributed by atoms with Crippen molar-refractivity contribution in [3.05, 3.63) is 0 Å². The Bertz CT molecular complexity index is 264. The van der Waals surface area contributed by atoms with Crippen LogP contribution in [0.25, 0.3) is 0 Å². The van der Waals surface area contributed by atoms with Gasteiger partial charge in [0.15, 0.2) is 0 Å². The first-order valence-corrected chi connectivity index (χ1v) is 7.78. The predicted molar refractivity (Wildman–Crippen MR) is 82.7 cm³/mol. The first kappa shape index (κ1) is 17.4. The molecule has 1 aliphatic heterocycles. The van der Waals surface area contributed by atoms with Crippen molar-refractivity contribution in [2.45, 2.75) is 26.3 Å². The maximum absolute atomic E-state index is 12.0. The van der Waals surface area contributed by atoms with Crippen LogP contribution in [0.5, 0.6) is 0 Å². The van der Waals surface area contributed by atoms with Gasteiger partial charge in [-0.05, 0) is 13.8 Å². The average Bonchev–Trinajstić information content (AvgIpc) is 2.46. The molecule has 0 bridgehead atoms. The molecular formula is C14H31N5O. The summed E-state index contributed by atoms with van der Waals surface area (Å²) in [5.74, 6) is 0.274. The van der Waals surface area contributed by atoms with Gasteiger partial charge < -0.3 is 21.3 Å². The summed E-state index contributed by atoms with van der Waals surface area (Å²) < 4.78 is 0. The Balaban J connectivity index is 2.03. The molecule has 1 aliphatic rings. The van der Waals surface area contributed by atoms with Crippen molar-refractivity contribution in [2.75, 3.05) is 58.9 Å². The van der Waals surface area contributed by atoms with Crippen LogP contribution >= 0.6 is 0 Å². The Morgan fingerprint density at radius 2 is 1.65 bits per heavy atom. The topological polar surface area (TPSA) is 73.6 Å². The summed E-state index contributed by atoms with van der Waals surface area (Å²) >= 11 is 0. The minimum absolute atomic E-state index is 0.274. The second-order valence-corrected chi connectivity index (χ2v) is 5.55. The molecule has 0 radical (unpaired) electrons. The lowest BCUT2D eigenvalue weighted by Gasteiger charge is -2.37. The number of hydrogen-bond acceptors (Lipinski definition) is 5. The van der Waals surface area contributed by atoms with Crippen molar-refractivity contribution in [1.82, 2.24) is 20.4 Å². The Hall–Kier alpha value is -0.690. The predicted octanol–water partition coefficient (Wildman–Crippen LogP) is -0.933. The summed E-state index contributed by atoms with van der Waals surface area (Å²) in [6.07, 6.45) is 0.596. The summed E-state index contributed by atoms with van der Waals surface area (Å²) in [5.41, 5.74) is 5.38. The van der Waals surface area contributed by atoms with Crippen LogP contribution in [0.15, 0.2) is 0 Å². The van der Waals surface area contributed by atoms with Gasteiger partial charge in [-0.1, -0.05) is 0 Å². The van der Waals surface area contributed by atoms with Gasteiger partial charge in [-0.15, -0.1) is 0 Å². The summed E-state index contributed by atoms with van der Waals surface area (Å²) in [6.45, 7) is 12.2. The fourth-order valence-corrected chi connectivity index (χ4v) is 2.37. The zero-order chi connectivity index (χ0) is 14.8. The SMILES string of the molecule is CC(C)N1CCN(C(=O)CCNCCNCCN)CC1. The van der Waals surface area contributed by atoms with Gasteiger partial charge in [0.2, 0.25) is 5.91 Å². The zero-order valence-corrected chi connectivity index (χ0v) is 13.0. The van der Waals surface area contributed by atoms with Crippen molar-refractivity contribution in [1.29, 1.82) is 0 Å². The first-order chi connectivity index (χ1) is 9.65. The minimum Gasteiger partial charge on any atom is -0.340 e. The van der Waals surface area contributed by atoms with Crippen LogP contribution in [-0.2, 0) is 4.79 Å². The van der Waals surface area contributed by atoms with Crippen molar-refractivity contribution in [2.24, 2.45) is 5.73 Å². The number of piperazine rings is 1. The molecule has 0 saturated carbocycles. The van der Waals surface area contributed by atoms with Crippen LogP contribution in [0, 0.1) is 0 Å². The van der Waals surface area contributed by atoms with E-state index in [0.717, 1.165) is 52.4 Å². The van der Waals surface area contributed by atoms with Crippen LogP contribution in [0.4, 0.5) is 0 Å². The summed E-state index contributed by atoms with van der Waals surface area (Å²) in [4.78, 5) is 16.5. The maximum Gasteiger partial charge on any atom is 0.223 e. The summed E-state index contributed by atoms with van der Waals surface area (Å²) in [7, 11) is 0. The molecule has 1 amide bonds. The van der Waals surface area contributed by atoms with Crippen molar-refractivity contribution >= 4 is 5.91 Å². The van der Waals surface area contributed by atoms with Gasteiger partial charge in [0.1, 0.15) is 0 Å². The minimum atomic E-state index is 0.274. The van der Waals surface area contributed by atoms with E-state index in [1.807, 2.05) is 4.90 Å². The van der Waals surface area contributed by atoms with Gasteiger partial charge in [-0.2, -0.15) is 0 Å². The molecule has 4 N–H and O–H groups in total. The molecule has 0 spiro atoms. The normalized spacial score (nSPS) is 16.9. The molecule has 1 heterocycles. The molecule has 1 rings (SSSR count). The molecule has 0 aromatic carbocycles. The molecule has 0 aliphatic carbocycles. The number of nitrogens with zero attached hydrogens (tertiary/aromatic N) is 2. The average molecular weight is 285 g/mol. The highest BCUT2D eigenvalue weighted by Crippen LogP contribution is 2.06. The highest BCUT2D eigenvalue weighted by atomic mass is 16.2. The zero-order valence-electron chi connectivity index (χ0n) is 13.0. The smallest absolute Gasteiger partial charge is 0.223 e. The molecule has 6 nitrogen and oxygen atoms in total. The van der Waals surface area contributed by atoms with Gasteiger partial charge in [-0.25, -0.2) is 0 Å². The van der Waals surface area contributed by atoms with Crippen LogP contribution in [0.3, 0.4) is 0 Å². The van der Waals surface area contributed by atoms with E-state index in [2.05, 4.69) is 29.4 Å². The van der Waals surface area contributed by atoms with Crippen LogP contribution in [0.2, 0.25) is 0 Å². The lowest BCUT2D eigenvalue weighted by molar-refractivity contribution is -0.133. The molecule has 6 heteroatoms. The molecule has 1 saturated heterocycles. The van der Waals surface area contributed by atoms with Gasteiger partial charge in [0.25, 0.3) is 0 Å². The van der Waals surface area contributed by atoms with E-state index in [0.29, 0.717) is 19.0 Å². The van der Waals surface area contributed by atoms with E-state index in [-0.39, 0.29) is 5.91 Å². The fourth-order valence-electron chi connectivity index (χ4n) is 2.37. The molecule has 20 heavy (non-hydrogen) atoms. The number of hydrogen-bond donors (Lipinski definition) is 3. The monoisotopic (exact) mass is 285 g/mol. The van der Waals surface area contributed by atoms with Crippen LogP contribution in [-0.4, -0.2) is 80.7 Å². The van der Waals surface area contributed by atoms with E-state index < -0.39 is 0 Å². The molecule has 0 aromatic heterocycles. The third-order valence-corrected chi connectivity index (χ3v) is 3.71. The highest BCUT2D eigenvalue weighted by Gasteiger charge is 2.21. The second-order valence-electron chi connectivity index (χ2n) is 5.55. The standard InChI is InChI=1S/C14H31N5O/c1-13(2)18-9-11-19(12-10-18)14(20)3-5-16-7-8-17-6-4-15/h13,16-17H,3-12,15H2,1-2H3. The van der Waals surface area contributed by atoms with Gasteiger partial charge in [0.05, 0.1) is 0 Å². The number of rotatable bonds is 9.